The average Bonchev–Trinajstić information content (AvgIpc) is 3.06. The van der Waals surface area contributed by atoms with Crippen LogP contribution in [0.5, 0.6) is 0 Å². The molecule has 4 rings (SSSR count). The van der Waals surface area contributed by atoms with E-state index in [1.165, 1.54) is 36.4 Å². The van der Waals surface area contributed by atoms with E-state index in [4.69, 9.17) is 0 Å². The van der Waals surface area contributed by atoms with Crippen molar-refractivity contribution in [3.63, 3.8) is 0 Å². The third kappa shape index (κ3) is 4.19. The van der Waals surface area contributed by atoms with E-state index in [1.54, 1.807) is 24.3 Å². The predicted molar refractivity (Wildman–Crippen MR) is 113 cm³/mol. The maximum absolute atomic E-state index is 13.8. The summed E-state index contributed by atoms with van der Waals surface area (Å²) in [5.41, 5.74) is 1.58. The summed E-state index contributed by atoms with van der Waals surface area (Å²) in [5, 5.41) is 11.4. The number of rotatable bonds is 7. The second kappa shape index (κ2) is 8.78. The highest BCUT2D eigenvalue weighted by Gasteiger charge is 2.47. The normalized spacial score (nSPS) is 19.4. The van der Waals surface area contributed by atoms with Crippen LogP contribution in [-0.2, 0) is 0 Å². The fourth-order valence-corrected chi connectivity index (χ4v) is 4.64. The van der Waals surface area contributed by atoms with Crippen LogP contribution >= 0.6 is 0 Å². The molecule has 0 aromatic heterocycles. The first kappa shape index (κ1) is 21.5. The largest absolute Gasteiger partial charge is 0.294 e. The first-order valence-electron chi connectivity index (χ1n) is 10.1. The monoisotopic (exact) mass is 435 g/mol. The lowest BCUT2D eigenvalue weighted by molar-refractivity contribution is -0.484. The number of carbonyl (C=O) groups excluding carboxylic acids is 2. The Labute approximate surface area is 182 Å². The average molecular weight is 435 g/mol. The van der Waals surface area contributed by atoms with Crippen molar-refractivity contribution in [1.29, 1.82) is 0 Å². The quantitative estimate of drug-likeness (QED) is 0.291. The molecule has 0 aliphatic heterocycles. The SMILES string of the molecule is O=C(C[C@H]1c2ccccc2[C@@H](C[N+](=O)[O-])[C@@H]1C(=O)c1cccc(F)c1)c1cccc(F)c1. The lowest BCUT2D eigenvalue weighted by Crippen LogP contribution is -2.28. The molecule has 3 atom stereocenters. The molecule has 1 aliphatic rings. The molecule has 0 saturated carbocycles. The van der Waals surface area contributed by atoms with Crippen molar-refractivity contribution < 1.29 is 23.3 Å². The van der Waals surface area contributed by atoms with E-state index in [0.717, 1.165) is 12.1 Å². The first-order valence-corrected chi connectivity index (χ1v) is 10.1. The maximum Gasteiger partial charge on any atom is 0.211 e. The van der Waals surface area contributed by atoms with Crippen LogP contribution < -0.4 is 0 Å². The van der Waals surface area contributed by atoms with Gasteiger partial charge in [-0.1, -0.05) is 48.5 Å². The zero-order chi connectivity index (χ0) is 22.8. The van der Waals surface area contributed by atoms with Gasteiger partial charge in [0.05, 0.1) is 5.92 Å². The van der Waals surface area contributed by atoms with Crippen molar-refractivity contribution in [2.24, 2.45) is 5.92 Å². The number of benzene rings is 3. The van der Waals surface area contributed by atoms with E-state index in [9.17, 15) is 28.5 Å². The molecule has 0 bridgehead atoms. The molecule has 0 unspecified atom stereocenters. The van der Waals surface area contributed by atoms with Crippen LogP contribution in [-0.4, -0.2) is 23.0 Å². The summed E-state index contributed by atoms with van der Waals surface area (Å²) >= 11 is 0. The number of nitro groups is 1. The van der Waals surface area contributed by atoms with Crippen LogP contribution in [0.4, 0.5) is 8.78 Å². The molecule has 7 heteroatoms. The third-order valence-electron chi connectivity index (χ3n) is 5.97. The summed E-state index contributed by atoms with van der Waals surface area (Å²) in [6.45, 7) is -0.493. The van der Waals surface area contributed by atoms with Gasteiger partial charge in [-0.25, -0.2) is 8.78 Å². The van der Waals surface area contributed by atoms with Gasteiger partial charge < -0.3 is 0 Å². The van der Waals surface area contributed by atoms with Gasteiger partial charge in [0.25, 0.3) is 0 Å². The summed E-state index contributed by atoms with van der Waals surface area (Å²) in [6.07, 6.45) is -0.125. The summed E-state index contributed by atoms with van der Waals surface area (Å²) in [7, 11) is 0. The van der Waals surface area contributed by atoms with Crippen molar-refractivity contribution in [3.8, 4) is 0 Å². The minimum absolute atomic E-state index is 0.0966. The van der Waals surface area contributed by atoms with Gasteiger partial charge in [0, 0.05) is 34.3 Å². The number of ketones is 2. The van der Waals surface area contributed by atoms with E-state index < -0.39 is 46.6 Å². The highest BCUT2D eigenvalue weighted by Crippen LogP contribution is 2.50. The van der Waals surface area contributed by atoms with E-state index in [1.807, 2.05) is 0 Å². The molecule has 3 aromatic rings. The number of halogens is 2. The summed E-state index contributed by atoms with van der Waals surface area (Å²) in [4.78, 5) is 37.4. The third-order valence-corrected chi connectivity index (χ3v) is 5.97. The Hall–Kier alpha value is -3.74. The summed E-state index contributed by atoms with van der Waals surface area (Å²) in [5.74, 6) is -4.30. The van der Waals surface area contributed by atoms with Crippen molar-refractivity contribution in [2.75, 3.05) is 6.54 Å². The fourth-order valence-electron chi connectivity index (χ4n) is 4.64. The fraction of sp³-hybridized carbons (Fsp3) is 0.200. The molecule has 3 aromatic carbocycles. The van der Waals surface area contributed by atoms with Gasteiger partial charge in [0.1, 0.15) is 11.6 Å². The van der Waals surface area contributed by atoms with E-state index in [-0.39, 0.29) is 23.3 Å². The van der Waals surface area contributed by atoms with Crippen molar-refractivity contribution in [2.45, 2.75) is 18.3 Å². The Morgan fingerprint density at radius 2 is 1.38 bits per heavy atom. The molecule has 0 saturated heterocycles. The Balaban J connectivity index is 1.77. The van der Waals surface area contributed by atoms with Gasteiger partial charge in [-0.2, -0.15) is 0 Å². The second-order valence-electron chi connectivity index (χ2n) is 7.90. The number of carbonyl (C=O) groups is 2. The maximum atomic E-state index is 13.8. The van der Waals surface area contributed by atoms with Crippen molar-refractivity contribution >= 4 is 11.6 Å². The van der Waals surface area contributed by atoms with Gasteiger partial charge in [-0.05, 0) is 35.4 Å². The molecular weight excluding hydrogens is 416 g/mol. The van der Waals surface area contributed by atoms with Gasteiger partial charge in [-0.15, -0.1) is 0 Å². The lowest BCUT2D eigenvalue weighted by atomic mass is 9.78. The van der Waals surface area contributed by atoms with Crippen LogP contribution in [0.15, 0.2) is 72.8 Å². The van der Waals surface area contributed by atoms with Crippen LogP contribution in [0.25, 0.3) is 0 Å². The molecule has 0 heterocycles. The lowest BCUT2D eigenvalue weighted by Gasteiger charge is -2.22. The molecule has 0 N–H and O–H groups in total. The van der Waals surface area contributed by atoms with Crippen LogP contribution in [0.3, 0.4) is 0 Å². The number of hydrogen-bond donors (Lipinski definition) is 0. The van der Waals surface area contributed by atoms with Gasteiger partial charge in [0.2, 0.25) is 6.54 Å². The van der Waals surface area contributed by atoms with Crippen LogP contribution in [0, 0.1) is 27.7 Å². The zero-order valence-electron chi connectivity index (χ0n) is 16.9. The minimum Gasteiger partial charge on any atom is -0.294 e. The molecule has 32 heavy (non-hydrogen) atoms. The number of hydrogen-bond acceptors (Lipinski definition) is 4. The zero-order valence-corrected chi connectivity index (χ0v) is 16.9. The van der Waals surface area contributed by atoms with Gasteiger partial charge in [-0.3, -0.25) is 19.7 Å². The predicted octanol–water partition coefficient (Wildman–Crippen LogP) is 5.19. The topological polar surface area (TPSA) is 77.3 Å². The Morgan fingerprint density at radius 1 is 0.812 bits per heavy atom. The van der Waals surface area contributed by atoms with Crippen LogP contribution in [0.1, 0.15) is 50.1 Å². The standard InChI is InChI=1S/C25H19F2NO4/c26-17-7-3-5-15(11-17)23(29)13-21-19-9-1-2-10-20(19)22(14-28(31)32)24(21)25(30)16-6-4-8-18(27)12-16/h1-12,21-22,24H,13-14H2/t21-,22+,24+/m0/s1. The Kier molecular flexibility index (Phi) is 5.90. The summed E-state index contributed by atoms with van der Waals surface area (Å²) in [6, 6.07) is 17.4. The van der Waals surface area contributed by atoms with Crippen molar-refractivity contribution in [1.82, 2.24) is 0 Å². The van der Waals surface area contributed by atoms with E-state index in [2.05, 4.69) is 0 Å². The van der Waals surface area contributed by atoms with Gasteiger partial charge in [0.15, 0.2) is 11.6 Å². The first-order chi connectivity index (χ1) is 15.3. The molecule has 162 valence electrons. The Morgan fingerprint density at radius 3 is 1.97 bits per heavy atom. The minimum atomic E-state index is -0.919. The molecule has 5 nitrogen and oxygen atoms in total. The molecule has 0 radical (unpaired) electrons. The molecule has 0 amide bonds. The molecule has 0 fully saturated rings. The van der Waals surface area contributed by atoms with E-state index in [0.29, 0.717) is 11.1 Å². The number of Topliss-reactive ketones (excluding diaryl/α,β-unsaturated/α-hetero) is 2. The number of fused-ring (bicyclic) bond motifs is 1. The van der Waals surface area contributed by atoms with Crippen molar-refractivity contribution in [3.05, 3.63) is 117 Å². The van der Waals surface area contributed by atoms with Gasteiger partial charge >= 0.3 is 0 Å². The second-order valence-corrected chi connectivity index (χ2v) is 7.90. The molecular formula is C25H19F2NO4. The summed E-state index contributed by atoms with van der Waals surface area (Å²) < 4.78 is 27.4. The number of nitrogens with zero attached hydrogens (tertiary/aromatic N) is 1. The van der Waals surface area contributed by atoms with Crippen LogP contribution in [0.2, 0.25) is 0 Å². The Bertz CT molecular complexity index is 1210. The van der Waals surface area contributed by atoms with E-state index >= 15 is 0 Å². The molecule has 0 spiro atoms. The smallest absolute Gasteiger partial charge is 0.211 e. The highest BCUT2D eigenvalue weighted by atomic mass is 19.1. The highest BCUT2D eigenvalue weighted by molar-refractivity contribution is 6.01. The molecule has 1 aliphatic carbocycles.